The number of phenols is 1. The normalized spacial score (nSPS) is 11.5. The maximum absolute atomic E-state index is 13.2. The average molecular weight is 396 g/mol. The van der Waals surface area contributed by atoms with Crippen LogP contribution < -0.4 is 5.73 Å². The van der Waals surface area contributed by atoms with Gasteiger partial charge in [-0.1, -0.05) is 24.3 Å². The van der Waals surface area contributed by atoms with Gasteiger partial charge in [-0.25, -0.2) is 13.5 Å². The molecule has 8 heteroatoms. The number of nitrogens with one attached hydrogen (secondary N) is 1. The van der Waals surface area contributed by atoms with E-state index in [1.165, 1.54) is 29.1 Å². The number of para-hydroxylation sites is 1. The molecule has 4 N–H and O–H groups in total. The number of nitrogens with two attached hydrogens (primary N) is 1. The molecule has 0 saturated carbocycles. The molecule has 6 nitrogen and oxygen atoms in total. The van der Waals surface area contributed by atoms with Crippen LogP contribution in [0.4, 0.5) is 14.6 Å². The van der Waals surface area contributed by atoms with Gasteiger partial charge in [-0.15, -0.1) is 0 Å². The zero-order valence-corrected chi connectivity index (χ0v) is 15.7. The number of benzene rings is 2. The minimum absolute atomic E-state index is 0.0866. The van der Waals surface area contributed by atoms with Crippen LogP contribution in [0.25, 0.3) is 16.6 Å². The molecule has 4 aromatic rings. The zero-order chi connectivity index (χ0) is 20.9. The molecule has 2 aromatic heterocycles. The molecule has 0 atom stereocenters. The predicted molar refractivity (Wildman–Crippen MR) is 106 cm³/mol. The van der Waals surface area contributed by atoms with Crippen LogP contribution in [0.1, 0.15) is 39.2 Å². The second kappa shape index (κ2) is 6.73. The van der Waals surface area contributed by atoms with Gasteiger partial charge in [0, 0.05) is 16.5 Å². The Bertz CT molecular complexity index is 1260. The van der Waals surface area contributed by atoms with Crippen molar-refractivity contribution < 1.29 is 18.7 Å². The Morgan fingerprint density at radius 2 is 2.00 bits per heavy atom. The molecule has 0 unspecified atom stereocenters. The molecule has 0 aliphatic carbocycles. The van der Waals surface area contributed by atoms with Gasteiger partial charge >= 0.3 is 0 Å². The van der Waals surface area contributed by atoms with E-state index in [-0.39, 0.29) is 33.9 Å². The molecule has 0 amide bonds. The lowest BCUT2D eigenvalue weighted by atomic mass is 10.1. The Hall–Kier alpha value is -3.68. The summed E-state index contributed by atoms with van der Waals surface area (Å²) in [4.78, 5) is 15.8. The Kier molecular flexibility index (Phi) is 4.34. The summed E-state index contributed by atoms with van der Waals surface area (Å²) in [7, 11) is 0. The van der Waals surface area contributed by atoms with Gasteiger partial charge in [-0.05, 0) is 31.5 Å². The van der Waals surface area contributed by atoms with Crippen molar-refractivity contribution in [2.24, 2.45) is 0 Å². The van der Waals surface area contributed by atoms with E-state index >= 15 is 0 Å². The standard InChI is InChI=1S/C21H18F2N4O2/c1-10-6-7-16(28)11(2)18(10)27-21(24)14(9-25-27)19(29)15-8-12-4-3-5-13(20(22)23)17(12)26-15/h3-9,20,26,28H,24H2,1-2H3. The first-order valence-corrected chi connectivity index (χ1v) is 8.87. The van der Waals surface area contributed by atoms with Crippen LogP contribution in [0, 0.1) is 13.8 Å². The number of aromatic hydroxyl groups is 1. The van der Waals surface area contributed by atoms with Crippen LogP contribution >= 0.6 is 0 Å². The van der Waals surface area contributed by atoms with Gasteiger partial charge in [0.25, 0.3) is 6.43 Å². The molecule has 0 spiro atoms. The summed E-state index contributed by atoms with van der Waals surface area (Å²) in [6.45, 7) is 3.57. The number of carbonyl (C=O) groups excluding carboxylic acids is 1. The molecule has 0 bridgehead atoms. The number of nitrogen functional groups attached to an aromatic ring is 1. The number of aromatic amines is 1. The molecule has 0 aliphatic rings. The minimum atomic E-state index is -2.66. The molecular weight excluding hydrogens is 378 g/mol. The quantitative estimate of drug-likeness (QED) is 0.445. The number of hydrogen-bond donors (Lipinski definition) is 3. The first kappa shape index (κ1) is 18.7. The number of H-pyrrole nitrogens is 1. The molecule has 0 fully saturated rings. The number of fused-ring (bicyclic) bond motifs is 1. The predicted octanol–water partition coefficient (Wildman–Crippen LogP) is 4.43. The number of phenolic OH excluding ortho intramolecular Hbond substituents is 1. The van der Waals surface area contributed by atoms with Crippen molar-refractivity contribution >= 4 is 22.5 Å². The number of anilines is 1. The van der Waals surface area contributed by atoms with Gasteiger partial charge in [0.2, 0.25) is 5.78 Å². The van der Waals surface area contributed by atoms with Crippen LogP contribution in [0.3, 0.4) is 0 Å². The van der Waals surface area contributed by atoms with E-state index in [0.717, 1.165) is 5.56 Å². The maximum Gasteiger partial charge on any atom is 0.265 e. The van der Waals surface area contributed by atoms with Crippen molar-refractivity contribution in [2.45, 2.75) is 20.3 Å². The number of aryl methyl sites for hydroxylation is 1. The number of ketones is 1. The van der Waals surface area contributed by atoms with Crippen LogP contribution in [-0.2, 0) is 0 Å². The largest absolute Gasteiger partial charge is 0.508 e. The molecule has 2 aromatic carbocycles. The van der Waals surface area contributed by atoms with Crippen molar-refractivity contribution in [3.8, 4) is 11.4 Å². The van der Waals surface area contributed by atoms with E-state index in [9.17, 15) is 18.7 Å². The number of hydrogen-bond acceptors (Lipinski definition) is 4. The van der Waals surface area contributed by atoms with Crippen LogP contribution in [0.5, 0.6) is 5.75 Å². The van der Waals surface area contributed by atoms with E-state index in [1.807, 2.05) is 6.92 Å². The van der Waals surface area contributed by atoms with Crippen LogP contribution in [-0.4, -0.2) is 25.7 Å². The van der Waals surface area contributed by atoms with E-state index in [2.05, 4.69) is 10.1 Å². The van der Waals surface area contributed by atoms with Crippen molar-refractivity contribution in [1.82, 2.24) is 14.8 Å². The third-order valence-corrected chi connectivity index (χ3v) is 5.04. The Labute approximate surface area is 164 Å². The van der Waals surface area contributed by atoms with Gasteiger partial charge in [0.05, 0.1) is 28.7 Å². The van der Waals surface area contributed by atoms with Gasteiger partial charge in [-0.3, -0.25) is 4.79 Å². The fraction of sp³-hybridized carbons (Fsp3) is 0.143. The molecule has 4 rings (SSSR count). The Morgan fingerprint density at radius 1 is 1.24 bits per heavy atom. The van der Waals surface area contributed by atoms with Crippen molar-refractivity contribution in [3.63, 3.8) is 0 Å². The number of alkyl halides is 2. The number of rotatable bonds is 4. The smallest absolute Gasteiger partial charge is 0.265 e. The Balaban J connectivity index is 1.80. The van der Waals surface area contributed by atoms with Crippen LogP contribution in [0.2, 0.25) is 0 Å². The molecular formula is C21H18F2N4O2. The van der Waals surface area contributed by atoms with Gasteiger partial charge in [-0.2, -0.15) is 5.10 Å². The third-order valence-electron chi connectivity index (χ3n) is 5.04. The molecule has 0 radical (unpaired) electrons. The highest BCUT2D eigenvalue weighted by Crippen LogP contribution is 2.31. The van der Waals surface area contributed by atoms with E-state index in [1.54, 1.807) is 25.1 Å². The van der Waals surface area contributed by atoms with Crippen molar-refractivity contribution in [2.75, 3.05) is 5.73 Å². The summed E-state index contributed by atoms with van der Waals surface area (Å²) >= 11 is 0. The van der Waals surface area contributed by atoms with Gasteiger partial charge < -0.3 is 15.8 Å². The molecule has 2 heterocycles. The van der Waals surface area contributed by atoms with Gasteiger partial charge in [0.1, 0.15) is 11.6 Å². The number of carbonyl (C=O) groups is 1. The van der Waals surface area contributed by atoms with Crippen molar-refractivity contribution in [1.29, 1.82) is 0 Å². The lowest BCUT2D eigenvalue weighted by Crippen LogP contribution is -2.09. The summed E-state index contributed by atoms with van der Waals surface area (Å²) in [5.74, 6) is -0.274. The molecule has 0 aliphatic heterocycles. The monoisotopic (exact) mass is 396 g/mol. The van der Waals surface area contributed by atoms with Crippen molar-refractivity contribution in [3.05, 3.63) is 70.5 Å². The molecule has 148 valence electrons. The van der Waals surface area contributed by atoms with Crippen LogP contribution in [0.15, 0.2) is 42.6 Å². The maximum atomic E-state index is 13.2. The van der Waals surface area contributed by atoms with E-state index in [0.29, 0.717) is 16.6 Å². The highest BCUT2D eigenvalue weighted by Gasteiger charge is 2.22. The topological polar surface area (TPSA) is 96.9 Å². The highest BCUT2D eigenvalue weighted by atomic mass is 19.3. The van der Waals surface area contributed by atoms with Gasteiger partial charge in [0.15, 0.2) is 0 Å². The summed E-state index contributed by atoms with van der Waals surface area (Å²) in [6.07, 6.45) is -1.33. The fourth-order valence-electron chi connectivity index (χ4n) is 3.49. The number of nitrogens with zero attached hydrogens (tertiary/aromatic N) is 2. The fourth-order valence-corrected chi connectivity index (χ4v) is 3.49. The van der Waals surface area contributed by atoms with E-state index in [4.69, 9.17) is 5.73 Å². The van der Waals surface area contributed by atoms with E-state index < -0.39 is 12.2 Å². The zero-order valence-electron chi connectivity index (χ0n) is 15.7. The Morgan fingerprint density at radius 3 is 2.72 bits per heavy atom. The highest BCUT2D eigenvalue weighted by molar-refractivity contribution is 6.12. The molecule has 0 saturated heterocycles. The first-order valence-electron chi connectivity index (χ1n) is 8.87. The first-order chi connectivity index (χ1) is 13.8. The second-order valence-electron chi connectivity index (χ2n) is 6.85. The summed E-state index contributed by atoms with van der Waals surface area (Å²) in [5, 5.41) is 14.7. The summed E-state index contributed by atoms with van der Waals surface area (Å²) in [6, 6.07) is 9.31. The lowest BCUT2D eigenvalue weighted by Gasteiger charge is -2.13. The summed E-state index contributed by atoms with van der Waals surface area (Å²) in [5.41, 5.74) is 8.50. The molecule has 29 heavy (non-hydrogen) atoms. The third kappa shape index (κ3) is 2.93. The summed E-state index contributed by atoms with van der Waals surface area (Å²) < 4.78 is 27.9. The lowest BCUT2D eigenvalue weighted by molar-refractivity contribution is 0.103. The second-order valence-corrected chi connectivity index (χ2v) is 6.85. The number of halogens is 2. The average Bonchev–Trinajstić information content (AvgIpc) is 3.28. The number of aromatic nitrogens is 3. The minimum Gasteiger partial charge on any atom is -0.508 e. The SMILES string of the molecule is Cc1ccc(O)c(C)c1-n1ncc(C(=O)c2cc3cccc(C(F)F)c3[nH]2)c1N.